The molecule has 0 saturated carbocycles. The van der Waals surface area contributed by atoms with E-state index in [0.717, 1.165) is 28.9 Å². The van der Waals surface area contributed by atoms with Gasteiger partial charge in [0.1, 0.15) is 10.7 Å². The van der Waals surface area contributed by atoms with Gasteiger partial charge in [0.05, 0.1) is 18.0 Å². The van der Waals surface area contributed by atoms with Gasteiger partial charge in [0, 0.05) is 4.88 Å². The number of nitrogens with one attached hydrogen (secondary N) is 1. The van der Waals surface area contributed by atoms with Gasteiger partial charge in [-0.2, -0.15) is 4.52 Å². The highest BCUT2D eigenvalue weighted by molar-refractivity contribution is 7.19. The molecule has 0 fully saturated rings. The Morgan fingerprint density at radius 3 is 3.00 bits per heavy atom. The molecule has 0 aromatic carbocycles. The van der Waals surface area contributed by atoms with Crippen molar-refractivity contribution in [2.75, 3.05) is 6.61 Å². The fourth-order valence-electron chi connectivity index (χ4n) is 3.57. The van der Waals surface area contributed by atoms with Crippen molar-refractivity contribution in [1.29, 1.82) is 0 Å². The van der Waals surface area contributed by atoms with Gasteiger partial charge in [-0.15, -0.1) is 16.4 Å². The molecule has 1 aliphatic rings. The van der Waals surface area contributed by atoms with Gasteiger partial charge in [-0.25, -0.2) is 9.97 Å². The van der Waals surface area contributed by atoms with Gasteiger partial charge in [0.25, 0.3) is 5.91 Å². The summed E-state index contributed by atoms with van der Waals surface area (Å²) in [5, 5.41) is 17.5. The quantitative estimate of drug-likeness (QED) is 0.732. The molecule has 8 heteroatoms. The van der Waals surface area contributed by atoms with E-state index in [1.165, 1.54) is 16.9 Å². The van der Waals surface area contributed by atoms with Crippen molar-refractivity contribution in [1.82, 2.24) is 24.9 Å². The Balaban J connectivity index is 1.84. The minimum absolute atomic E-state index is 0.101. The molecule has 0 aliphatic heterocycles. The zero-order valence-corrected chi connectivity index (χ0v) is 16.1. The number of aliphatic hydroxyl groups excluding tert-OH is 1. The number of amides is 1. The maximum absolute atomic E-state index is 12.5. The van der Waals surface area contributed by atoms with Crippen LogP contribution in [0, 0.1) is 12.8 Å². The van der Waals surface area contributed by atoms with Crippen LogP contribution in [0.25, 0.3) is 15.9 Å². The summed E-state index contributed by atoms with van der Waals surface area (Å²) >= 11 is 1.74. The fraction of sp³-hybridized carbons (Fsp3) is 0.556. The van der Waals surface area contributed by atoms with Crippen molar-refractivity contribution in [3.8, 4) is 0 Å². The van der Waals surface area contributed by atoms with Crippen molar-refractivity contribution in [3.63, 3.8) is 0 Å². The van der Waals surface area contributed by atoms with Crippen molar-refractivity contribution in [3.05, 3.63) is 22.1 Å². The normalized spacial score (nSPS) is 18.2. The van der Waals surface area contributed by atoms with Crippen molar-refractivity contribution < 1.29 is 9.90 Å². The highest BCUT2D eigenvalue weighted by Gasteiger charge is 2.25. The number of rotatable bonds is 4. The second kappa shape index (κ2) is 6.59. The van der Waals surface area contributed by atoms with Gasteiger partial charge in [-0.3, -0.25) is 4.79 Å². The molecule has 0 unspecified atom stereocenters. The number of aryl methyl sites for hydroxylation is 2. The summed E-state index contributed by atoms with van der Waals surface area (Å²) in [5.41, 5.74) is 2.03. The summed E-state index contributed by atoms with van der Waals surface area (Å²) in [6.07, 6.45) is 3.96. The Morgan fingerprint density at radius 2 is 2.27 bits per heavy atom. The monoisotopic (exact) mass is 373 g/mol. The largest absolute Gasteiger partial charge is 0.394 e. The van der Waals surface area contributed by atoms with Crippen molar-refractivity contribution >= 4 is 33.1 Å². The molecule has 1 amide bonds. The molecular weight excluding hydrogens is 350 g/mol. The third-order valence-corrected chi connectivity index (χ3v) is 6.33. The van der Waals surface area contributed by atoms with Gasteiger partial charge in [-0.05, 0) is 44.1 Å². The van der Waals surface area contributed by atoms with Crippen LogP contribution in [0.1, 0.15) is 53.6 Å². The molecule has 4 rings (SSSR count). The SMILES string of the molecule is CC[C@@H](CO)NC(=O)c1nc2c3c4c(sc3nc(C)n2n1)CC[C@H](C)C4. The number of aromatic nitrogens is 4. The zero-order chi connectivity index (χ0) is 18.4. The fourth-order valence-corrected chi connectivity index (χ4v) is 4.83. The molecule has 3 heterocycles. The highest BCUT2D eigenvalue weighted by Crippen LogP contribution is 2.38. The molecule has 7 nitrogen and oxygen atoms in total. The molecule has 2 atom stereocenters. The van der Waals surface area contributed by atoms with Crippen LogP contribution in [0.15, 0.2) is 0 Å². The molecule has 138 valence electrons. The lowest BCUT2D eigenvalue weighted by Gasteiger charge is -2.17. The van der Waals surface area contributed by atoms with Crippen molar-refractivity contribution in [2.45, 2.75) is 52.5 Å². The predicted octanol–water partition coefficient (Wildman–Crippen LogP) is 2.27. The Morgan fingerprint density at radius 1 is 1.46 bits per heavy atom. The minimum Gasteiger partial charge on any atom is -0.394 e. The maximum Gasteiger partial charge on any atom is 0.291 e. The second-order valence-electron chi connectivity index (χ2n) is 7.12. The van der Waals surface area contributed by atoms with Crippen LogP contribution < -0.4 is 5.32 Å². The maximum atomic E-state index is 12.5. The first-order chi connectivity index (χ1) is 12.5. The number of carbonyl (C=O) groups excluding carboxylic acids is 1. The predicted molar refractivity (Wildman–Crippen MR) is 101 cm³/mol. The van der Waals surface area contributed by atoms with E-state index in [4.69, 9.17) is 4.98 Å². The number of nitrogens with zero attached hydrogens (tertiary/aromatic N) is 4. The van der Waals surface area contributed by atoms with Crippen LogP contribution in [0.3, 0.4) is 0 Å². The molecule has 3 aromatic rings. The summed E-state index contributed by atoms with van der Waals surface area (Å²) in [4.78, 5) is 24.1. The average molecular weight is 373 g/mol. The third kappa shape index (κ3) is 2.77. The van der Waals surface area contributed by atoms with Crippen LogP contribution in [-0.2, 0) is 12.8 Å². The van der Waals surface area contributed by atoms with E-state index in [2.05, 4.69) is 22.3 Å². The molecule has 0 bridgehead atoms. The van der Waals surface area contributed by atoms with Crippen LogP contribution in [0.2, 0.25) is 0 Å². The molecule has 1 aliphatic carbocycles. The van der Waals surface area contributed by atoms with Crippen LogP contribution in [0.5, 0.6) is 0 Å². The lowest BCUT2D eigenvalue weighted by molar-refractivity contribution is 0.0904. The molecule has 0 saturated heterocycles. The molecule has 0 spiro atoms. The molecule has 3 aromatic heterocycles. The van der Waals surface area contributed by atoms with Crippen LogP contribution in [-0.4, -0.2) is 43.2 Å². The number of carbonyl (C=O) groups is 1. The molecule has 2 N–H and O–H groups in total. The third-order valence-electron chi connectivity index (χ3n) is 5.14. The van der Waals surface area contributed by atoms with Crippen LogP contribution in [0.4, 0.5) is 0 Å². The number of thiophene rings is 1. The zero-order valence-electron chi connectivity index (χ0n) is 15.2. The van der Waals surface area contributed by atoms with Crippen LogP contribution >= 0.6 is 11.3 Å². The lowest BCUT2D eigenvalue weighted by atomic mass is 9.89. The number of aliphatic hydroxyl groups is 1. The topological polar surface area (TPSA) is 92.4 Å². The highest BCUT2D eigenvalue weighted by atomic mass is 32.1. The minimum atomic E-state index is -0.361. The Labute approximate surface area is 155 Å². The lowest BCUT2D eigenvalue weighted by Crippen LogP contribution is -2.37. The summed E-state index contributed by atoms with van der Waals surface area (Å²) < 4.78 is 1.67. The molecular formula is C18H23N5O2S. The Hall–Kier alpha value is -2.06. The molecule has 0 radical (unpaired) electrons. The summed E-state index contributed by atoms with van der Waals surface area (Å²) in [6.45, 7) is 5.96. The van der Waals surface area contributed by atoms with Gasteiger partial charge in [0.2, 0.25) is 5.82 Å². The smallest absolute Gasteiger partial charge is 0.291 e. The average Bonchev–Trinajstić information content (AvgIpc) is 3.20. The van der Waals surface area contributed by atoms with Gasteiger partial charge < -0.3 is 10.4 Å². The van der Waals surface area contributed by atoms with E-state index in [1.807, 2.05) is 13.8 Å². The second-order valence-corrected chi connectivity index (χ2v) is 8.21. The first kappa shape index (κ1) is 17.4. The van der Waals surface area contributed by atoms with E-state index in [-0.39, 0.29) is 24.4 Å². The summed E-state index contributed by atoms with van der Waals surface area (Å²) in [5.74, 6) is 1.12. The van der Waals surface area contributed by atoms with E-state index in [1.54, 1.807) is 15.9 Å². The number of hydrogen-bond donors (Lipinski definition) is 2. The number of fused-ring (bicyclic) bond motifs is 5. The first-order valence-corrected chi connectivity index (χ1v) is 9.92. The van der Waals surface area contributed by atoms with E-state index in [0.29, 0.717) is 18.0 Å². The van der Waals surface area contributed by atoms with Gasteiger partial charge in [-0.1, -0.05) is 13.8 Å². The van der Waals surface area contributed by atoms with E-state index >= 15 is 0 Å². The Bertz CT molecular complexity index is 989. The standard InChI is InChI=1S/C18H23N5O2S/c1-4-11(8-24)20-17(25)15-21-16-14-12-7-9(2)5-6-13(12)26-18(14)19-10(3)23(16)22-15/h9,11,24H,4-8H2,1-3H3,(H,20,25)/t9-,11-/m0/s1. The van der Waals surface area contributed by atoms with E-state index < -0.39 is 0 Å². The van der Waals surface area contributed by atoms with E-state index in [9.17, 15) is 9.90 Å². The van der Waals surface area contributed by atoms with Gasteiger partial charge >= 0.3 is 0 Å². The number of hydrogen-bond acceptors (Lipinski definition) is 6. The van der Waals surface area contributed by atoms with Gasteiger partial charge in [0.15, 0.2) is 5.65 Å². The molecule has 26 heavy (non-hydrogen) atoms. The van der Waals surface area contributed by atoms with Crippen molar-refractivity contribution in [2.24, 2.45) is 5.92 Å². The Kier molecular flexibility index (Phi) is 4.40. The first-order valence-electron chi connectivity index (χ1n) is 9.11. The summed E-state index contributed by atoms with van der Waals surface area (Å²) in [6, 6.07) is -0.289. The summed E-state index contributed by atoms with van der Waals surface area (Å²) in [7, 11) is 0.